The highest BCUT2D eigenvalue weighted by atomic mass is 35.5. The Balaban J connectivity index is 1.90. The van der Waals surface area contributed by atoms with Gasteiger partial charge in [-0.25, -0.2) is 18.2 Å². The molecule has 2 rings (SSSR count). The number of ether oxygens (including phenoxy) is 1. The molecule has 0 saturated heterocycles. The summed E-state index contributed by atoms with van der Waals surface area (Å²) in [5, 5.41) is 2.87. The van der Waals surface area contributed by atoms with E-state index in [4.69, 9.17) is 27.9 Å². The fourth-order valence-corrected chi connectivity index (χ4v) is 4.37. The number of halogens is 2. The first kappa shape index (κ1) is 24.8. The number of rotatable bonds is 9. The molecule has 1 N–H and O–H groups in total. The van der Waals surface area contributed by atoms with Crippen LogP contribution in [0.1, 0.15) is 19.4 Å². The minimum Gasteiger partial charge on any atom is -0.452 e. The van der Waals surface area contributed by atoms with Crippen molar-refractivity contribution in [2.45, 2.75) is 18.7 Å². The summed E-state index contributed by atoms with van der Waals surface area (Å²) < 4.78 is 31.1. The van der Waals surface area contributed by atoms with Crippen molar-refractivity contribution in [1.82, 2.24) is 9.29 Å². The monoisotopic (exact) mass is 485 g/mol. The number of carbonyl (C=O) groups excluding carboxylic acids is 2. The molecule has 0 unspecified atom stereocenters. The summed E-state index contributed by atoms with van der Waals surface area (Å²) in [6.45, 7) is 3.75. The maximum Gasteiger partial charge on any atom is 0.331 e. The van der Waals surface area contributed by atoms with Crippen LogP contribution in [0, 0.1) is 0 Å². The minimum absolute atomic E-state index is 0.0995. The second-order valence-corrected chi connectivity index (χ2v) is 8.91. The largest absolute Gasteiger partial charge is 0.452 e. The molecule has 1 heterocycles. The third-order valence-electron chi connectivity index (χ3n) is 4.05. The average molecular weight is 486 g/mol. The number of hydrogen-bond acceptors (Lipinski definition) is 6. The Kier molecular flexibility index (Phi) is 9.00. The topological polar surface area (TPSA) is 106 Å². The normalized spacial score (nSPS) is 11.6. The van der Waals surface area contributed by atoms with E-state index < -0.39 is 28.5 Å². The fraction of sp³-hybridized carbons (Fsp3) is 0.250. The van der Waals surface area contributed by atoms with Crippen molar-refractivity contribution in [2.75, 3.05) is 25.0 Å². The third-order valence-corrected chi connectivity index (χ3v) is 6.61. The van der Waals surface area contributed by atoms with Crippen LogP contribution < -0.4 is 5.32 Å². The average Bonchev–Trinajstić information content (AvgIpc) is 2.73. The summed E-state index contributed by atoms with van der Waals surface area (Å²) in [4.78, 5) is 27.7. The third kappa shape index (κ3) is 7.03. The van der Waals surface area contributed by atoms with Crippen LogP contribution in [0.2, 0.25) is 10.0 Å². The van der Waals surface area contributed by atoms with Gasteiger partial charge in [0.1, 0.15) is 0 Å². The van der Waals surface area contributed by atoms with E-state index in [1.54, 1.807) is 26.0 Å². The van der Waals surface area contributed by atoms with Crippen LogP contribution in [0.25, 0.3) is 6.08 Å². The summed E-state index contributed by atoms with van der Waals surface area (Å²) >= 11 is 11.6. The van der Waals surface area contributed by atoms with Crippen molar-refractivity contribution in [3.63, 3.8) is 0 Å². The van der Waals surface area contributed by atoms with Crippen LogP contribution in [-0.4, -0.2) is 49.3 Å². The lowest BCUT2D eigenvalue weighted by Gasteiger charge is -2.18. The van der Waals surface area contributed by atoms with Gasteiger partial charge < -0.3 is 10.1 Å². The Hall–Kier alpha value is -2.46. The van der Waals surface area contributed by atoms with Crippen molar-refractivity contribution >= 4 is 57.0 Å². The molecule has 8 nitrogen and oxygen atoms in total. The number of anilines is 1. The SMILES string of the molecule is CCN(CC)S(=O)(=O)c1ccc(C=CC(=O)OCC(=O)Nc2ncc(Cl)cc2Cl)cc1. The standard InChI is InChI=1S/C20H21Cl2N3O5S/c1-3-25(4-2)31(28,29)16-8-5-14(6-9-16)7-10-19(27)30-13-18(26)24-20-17(22)11-15(21)12-23-20/h5-12H,3-4,13H2,1-2H3,(H,23,24,26). The van der Waals surface area contributed by atoms with Gasteiger partial charge in [-0.2, -0.15) is 4.31 Å². The van der Waals surface area contributed by atoms with Gasteiger partial charge in [0, 0.05) is 25.4 Å². The Morgan fingerprint density at radius 3 is 2.39 bits per heavy atom. The van der Waals surface area contributed by atoms with E-state index in [1.165, 1.54) is 34.8 Å². The number of carbonyl (C=O) groups is 2. The highest BCUT2D eigenvalue weighted by Gasteiger charge is 2.21. The zero-order chi connectivity index (χ0) is 23.0. The number of nitrogens with one attached hydrogen (secondary N) is 1. The lowest BCUT2D eigenvalue weighted by Crippen LogP contribution is -2.30. The molecule has 0 aliphatic carbocycles. The Labute approximate surface area is 190 Å². The van der Waals surface area contributed by atoms with Gasteiger partial charge in [0.15, 0.2) is 12.4 Å². The second-order valence-electron chi connectivity index (χ2n) is 6.13. The summed E-state index contributed by atoms with van der Waals surface area (Å²) in [6, 6.07) is 7.49. The fourth-order valence-electron chi connectivity index (χ4n) is 2.49. The lowest BCUT2D eigenvalue weighted by molar-refractivity contribution is -0.142. The highest BCUT2D eigenvalue weighted by molar-refractivity contribution is 7.89. The predicted molar refractivity (Wildman–Crippen MR) is 119 cm³/mol. The maximum absolute atomic E-state index is 12.5. The zero-order valence-corrected chi connectivity index (χ0v) is 19.2. The quantitative estimate of drug-likeness (QED) is 0.429. The van der Waals surface area contributed by atoms with Crippen molar-refractivity contribution in [3.8, 4) is 0 Å². The summed E-state index contributed by atoms with van der Waals surface area (Å²) in [6.07, 6.45) is 3.90. The van der Waals surface area contributed by atoms with Gasteiger partial charge in [-0.15, -0.1) is 0 Å². The van der Waals surface area contributed by atoms with E-state index in [1.807, 2.05) is 0 Å². The van der Waals surface area contributed by atoms with E-state index in [0.717, 1.165) is 6.08 Å². The van der Waals surface area contributed by atoms with Crippen molar-refractivity contribution in [3.05, 3.63) is 58.2 Å². The Morgan fingerprint density at radius 1 is 1.16 bits per heavy atom. The molecule has 2 aromatic rings. The van der Waals surface area contributed by atoms with Gasteiger partial charge in [-0.05, 0) is 29.8 Å². The maximum atomic E-state index is 12.5. The van der Waals surface area contributed by atoms with Gasteiger partial charge in [0.25, 0.3) is 5.91 Å². The van der Waals surface area contributed by atoms with E-state index >= 15 is 0 Å². The number of sulfonamides is 1. The summed E-state index contributed by atoms with van der Waals surface area (Å²) in [7, 11) is -3.55. The molecule has 0 fully saturated rings. The molecule has 166 valence electrons. The lowest BCUT2D eigenvalue weighted by atomic mass is 10.2. The van der Waals surface area contributed by atoms with Crippen molar-refractivity contribution < 1.29 is 22.7 Å². The van der Waals surface area contributed by atoms with E-state index in [9.17, 15) is 18.0 Å². The van der Waals surface area contributed by atoms with Gasteiger partial charge in [0.2, 0.25) is 10.0 Å². The molecule has 1 aromatic carbocycles. The smallest absolute Gasteiger partial charge is 0.331 e. The van der Waals surface area contributed by atoms with E-state index in [2.05, 4.69) is 10.3 Å². The van der Waals surface area contributed by atoms with Crippen LogP contribution in [0.15, 0.2) is 47.5 Å². The van der Waals surface area contributed by atoms with Crippen LogP contribution in [-0.2, 0) is 24.3 Å². The van der Waals surface area contributed by atoms with E-state index in [0.29, 0.717) is 23.7 Å². The number of hydrogen-bond donors (Lipinski definition) is 1. The van der Waals surface area contributed by atoms with Gasteiger partial charge >= 0.3 is 5.97 Å². The molecule has 1 aromatic heterocycles. The van der Waals surface area contributed by atoms with E-state index in [-0.39, 0.29) is 15.7 Å². The van der Waals surface area contributed by atoms with Crippen LogP contribution in [0.3, 0.4) is 0 Å². The van der Waals surface area contributed by atoms with Gasteiger partial charge in [-0.1, -0.05) is 49.2 Å². The van der Waals surface area contributed by atoms with Crippen LogP contribution in [0.4, 0.5) is 5.82 Å². The molecule has 0 aliphatic heterocycles. The molecule has 31 heavy (non-hydrogen) atoms. The number of pyridine rings is 1. The molecule has 0 atom stereocenters. The van der Waals surface area contributed by atoms with Crippen LogP contribution >= 0.6 is 23.2 Å². The van der Waals surface area contributed by atoms with Crippen molar-refractivity contribution in [1.29, 1.82) is 0 Å². The summed E-state index contributed by atoms with van der Waals surface area (Å²) in [5.74, 6) is -1.27. The molecule has 11 heteroatoms. The zero-order valence-electron chi connectivity index (χ0n) is 16.8. The van der Waals surface area contributed by atoms with Gasteiger partial charge in [0.05, 0.1) is 14.9 Å². The predicted octanol–water partition coefficient (Wildman–Crippen LogP) is 3.61. The number of benzene rings is 1. The first-order valence-electron chi connectivity index (χ1n) is 9.23. The number of amides is 1. The molecular weight excluding hydrogens is 465 g/mol. The first-order valence-corrected chi connectivity index (χ1v) is 11.4. The molecule has 0 aliphatic rings. The number of esters is 1. The minimum atomic E-state index is -3.55. The summed E-state index contributed by atoms with van der Waals surface area (Å²) in [5.41, 5.74) is 0.594. The Morgan fingerprint density at radius 2 is 1.81 bits per heavy atom. The molecule has 0 spiro atoms. The molecule has 1 amide bonds. The van der Waals surface area contributed by atoms with Gasteiger partial charge in [-0.3, -0.25) is 4.79 Å². The first-order chi connectivity index (χ1) is 14.7. The van der Waals surface area contributed by atoms with Crippen LogP contribution in [0.5, 0.6) is 0 Å². The molecular formula is C20H21Cl2N3O5S. The van der Waals surface area contributed by atoms with Crippen molar-refractivity contribution in [2.24, 2.45) is 0 Å². The molecule has 0 bridgehead atoms. The number of aromatic nitrogens is 1. The molecule has 0 radical (unpaired) electrons. The second kappa shape index (κ2) is 11.2. The molecule has 0 saturated carbocycles. The number of nitrogens with zero attached hydrogens (tertiary/aromatic N) is 2. The Bertz CT molecular complexity index is 1070. The highest BCUT2D eigenvalue weighted by Crippen LogP contribution is 2.22.